The van der Waals surface area contributed by atoms with Crippen LogP contribution < -0.4 is 4.74 Å². The van der Waals surface area contributed by atoms with E-state index in [9.17, 15) is 4.79 Å². The van der Waals surface area contributed by atoms with E-state index in [2.05, 4.69) is 9.97 Å². The maximum Gasteiger partial charge on any atom is 0.238 e. The highest BCUT2D eigenvalue weighted by atomic mass is 16.5. The van der Waals surface area contributed by atoms with Gasteiger partial charge in [0.2, 0.25) is 11.8 Å². The molecule has 0 aliphatic carbocycles. The molecule has 1 aliphatic heterocycles. The molecule has 5 nitrogen and oxygen atoms in total. The molecular weight excluding hydrogens is 290 g/mol. The number of hydrogen-bond donors (Lipinski definition) is 0. The van der Waals surface area contributed by atoms with E-state index >= 15 is 0 Å². The topological polar surface area (TPSA) is 55.3 Å². The fourth-order valence-corrected chi connectivity index (χ4v) is 2.89. The molecule has 2 heterocycles. The highest BCUT2D eigenvalue weighted by Crippen LogP contribution is 2.27. The number of likely N-dealkylation sites (tertiary alicyclic amines) is 1. The summed E-state index contributed by atoms with van der Waals surface area (Å²) in [7, 11) is 0. The van der Waals surface area contributed by atoms with E-state index in [-0.39, 0.29) is 11.8 Å². The zero-order valence-electron chi connectivity index (χ0n) is 13.3. The van der Waals surface area contributed by atoms with Gasteiger partial charge in [-0.2, -0.15) is 0 Å². The van der Waals surface area contributed by atoms with E-state index in [0.717, 1.165) is 37.4 Å². The van der Waals surface area contributed by atoms with E-state index in [0.29, 0.717) is 12.3 Å². The number of para-hydroxylation sites is 1. The number of carbonyl (C=O) groups is 1. The minimum absolute atomic E-state index is 0.208. The quantitative estimate of drug-likeness (QED) is 0.868. The molecule has 120 valence electrons. The summed E-state index contributed by atoms with van der Waals surface area (Å²) in [6.45, 7) is 3.47. The number of carbonyl (C=O) groups excluding carboxylic acids is 1. The summed E-state index contributed by atoms with van der Waals surface area (Å²) in [6.07, 6.45) is 5.98. The first-order valence-electron chi connectivity index (χ1n) is 8.09. The Morgan fingerprint density at radius 2 is 2.13 bits per heavy atom. The van der Waals surface area contributed by atoms with Crippen molar-refractivity contribution >= 4 is 5.91 Å². The Morgan fingerprint density at radius 3 is 2.91 bits per heavy atom. The van der Waals surface area contributed by atoms with Crippen molar-refractivity contribution in [2.75, 3.05) is 13.1 Å². The van der Waals surface area contributed by atoms with Crippen molar-refractivity contribution in [1.29, 1.82) is 0 Å². The molecule has 2 aromatic rings. The van der Waals surface area contributed by atoms with Crippen LogP contribution in [0, 0.1) is 0 Å². The van der Waals surface area contributed by atoms with E-state index in [1.54, 1.807) is 12.4 Å². The predicted molar refractivity (Wildman–Crippen MR) is 87.4 cm³/mol. The van der Waals surface area contributed by atoms with Gasteiger partial charge >= 0.3 is 0 Å². The fraction of sp³-hybridized carbons (Fsp3) is 0.389. The zero-order chi connectivity index (χ0) is 16.1. The summed E-state index contributed by atoms with van der Waals surface area (Å²) in [6, 6.07) is 9.55. The van der Waals surface area contributed by atoms with Gasteiger partial charge in [-0.05, 0) is 25.0 Å². The molecule has 0 radical (unpaired) electrons. The monoisotopic (exact) mass is 311 g/mol. The summed E-state index contributed by atoms with van der Waals surface area (Å²) in [4.78, 5) is 22.7. The lowest BCUT2D eigenvalue weighted by Gasteiger charge is -2.32. The van der Waals surface area contributed by atoms with Gasteiger partial charge in [-0.1, -0.05) is 25.1 Å². The van der Waals surface area contributed by atoms with Crippen molar-refractivity contribution in [2.24, 2.45) is 0 Å². The van der Waals surface area contributed by atoms with Gasteiger partial charge in [-0.25, -0.2) is 4.98 Å². The summed E-state index contributed by atoms with van der Waals surface area (Å²) < 4.78 is 5.75. The number of rotatable bonds is 4. The molecule has 1 aliphatic rings. The van der Waals surface area contributed by atoms with Crippen LogP contribution >= 0.6 is 0 Å². The van der Waals surface area contributed by atoms with Crippen LogP contribution in [-0.2, 0) is 4.79 Å². The van der Waals surface area contributed by atoms with Crippen molar-refractivity contribution < 1.29 is 9.53 Å². The van der Waals surface area contributed by atoms with Crippen LogP contribution in [-0.4, -0.2) is 33.9 Å². The SMILES string of the molecule is CCC(=O)N1CCC[C@H](c2cncc(Oc3ccccc3)n2)C1. The van der Waals surface area contributed by atoms with E-state index in [4.69, 9.17) is 4.74 Å². The number of ether oxygens (including phenoxy) is 1. The Morgan fingerprint density at radius 1 is 1.30 bits per heavy atom. The molecule has 1 aromatic heterocycles. The second-order valence-electron chi connectivity index (χ2n) is 5.73. The molecule has 1 fully saturated rings. The minimum atomic E-state index is 0.208. The van der Waals surface area contributed by atoms with Crippen LogP contribution in [0.4, 0.5) is 0 Å². The highest BCUT2D eigenvalue weighted by Gasteiger charge is 2.25. The highest BCUT2D eigenvalue weighted by molar-refractivity contribution is 5.76. The molecule has 0 spiro atoms. The third kappa shape index (κ3) is 3.86. The van der Waals surface area contributed by atoms with E-state index in [1.165, 1.54) is 0 Å². The maximum absolute atomic E-state index is 11.9. The summed E-state index contributed by atoms with van der Waals surface area (Å²) in [5.41, 5.74) is 0.895. The number of amides is 1. The van der Waals surface area contributed by atoms with Crippen LogP contribution in [0.3, 0.4) is 0 Å². The Labute approximate surface area is 136 Å². The van der Waals surface area contributed by atoms with Crippen molar-refractivity contribution in [2.45, 2.75) is 32.1 Å². The zero-order valence-corrected chi connectivity index (χ0v) is 13.3. The molecule has 0 saturated carbocycles. The lowest BCUT2D eigenvalue weighted by Crippen LogP contribution is -2.38. The molecule has 3 rings (SSSR count). The Balaban J connectivity index is 1.73. The lowest BCUT2D eigenvalue weighted by atomic mass is 9.95. The van der Waals surface area contributed by atoms with Gasteiger partial charge in [0.15, 0.2) is 0 Å². The second-order valence-corrected chi connectivity index (χ2v) is 5.73. The number of piperidine rings is 1. The first-order chi connectivity index (χ1) is 11.3. The maximum atomic E-state index is 11.9. The molecule has 1 aromatic carbocycles. The Kier molecular flexibility index (Phi) is 4.86. The van der Waals surface area contributed by atoms with Gasteiger partial charge in [0.25, 0.3) is 0 Å². The average Bonchev–Trinajstić information content (AvgIpc) is 2.62. The van der Waals surface area contributed by atoms with Crippen LogP contribution in [0.1, 0.15) is 37.8 Å². The first kappa shape index (κ1) is 15.5. The second kappa shape index (κ2) is 7.22. The van der Waals surface area contributed by atoms with E-state index in [1.807, 2.05) is 42.2 Å². The van der Waals surface area contributed by atoms with Crippen LogP contribution in [0.5, 0.6) is 11.6 Å². The van der Waals surface area contributed by atoms with Crippen molar-refractivity contribution in [1.82, 2.24) is 14.9 Å². The molecular formula is C18H21N3O2. The third-order valence-corrected chi connectivity index (χ3v) is 4.09. The van der Waals surface area contributed by atoms with Crippen molar-refractivity contribution in [3.8, 4) is 11.6 Å². The minimum Gasteiger partial charge on any atom is -0.437 e. The van der Waals surface area contributed by atoms with Crippen molar-refractivity contribution in [3.05, 3.63) is 48.4 Å². The van der Waals surface area contributed by atoms with Crippen LogP contribution in [0.15, 0.2) is 42.7 Å². The van der Waals surface area contributed by atoms with E-state index < -0.39 is 0 Å². The molecule has 23 heavy (non-hydrogen) atoms. The van der Waals surface area contributed by atoms with Crippen LogP contribution in [0.25, 0.3) is 0 Å². The van der Waals surface area contributed by atoms with Crippen molar-refractivity contribution in [3.63, 3.8) is 0 Å². The largest absolute Gasteiger partial charge is 0.437 e. The molecule has 1 atom stereocenters. The summed E-state index contributed by atoms with van der Waals surface area (Å²) in [5.74, 6) is 1.67. The predicted octanol–water partition coefficient (Wildman–Crippen LogP) is 3.38. The number of aromatic nitrogens is 2. The van der Waals surface area contributed by atoms with Gasteiger partial charge in [0, 0.05) is 31.6 Å². The molecule has 1 saturated heterocycles. The van der Waals surface area contributed by atoms with Crippen LogP contribution in [0.2, 0.25) is 0 Å². The van der Waals surface area contributed by atoms with Gasteiger partial charge < -0.3 is 9.64 Å². The number of nitrogens with zero attached hydrogens (tertiary/aromatic N) is 3. The van der Waals surface area contributed by atoms with Gasteiger partial charge in [-0.15, -0.1) is 0 Å². The average molecular weight is 311 g/mol. The fourth-order valence-electron chi connectivity index (χ4n) is 2.89. The molecule has 1 amide bonds. The lowest BCUT2D eigenvalue weighted by molar-refractivity contribution is -0.132. The Bertz CT molecular complexity index is 660. The third-order valence-electron chi connectivity index (χ3n) is 4.09. The van der Waals surface area contributed by atoms with Gasteiger partial charge in [0.1, 0.15) is 5.75 Å². The smallest absolute Gasteiger partial charge is 0.238 e. The summed E-state index contributed by atoms with van der Waals surface area (Å²) in [5, 5.41) is 0. The summed E-state index contributed by atoms with van der Waals surface area (Å²) >= 11 is 0. The number of hydrogen-bond acceptors (Lipinski definition) is 4. The van der Waals surface area contributed by atoms with Gasteiger partial charge in [-0.3, -0.25) is 9.78 Å². The standard InChI is InChI=1S/C18H21N3O2/c1-2-18(22)21-10-6-7-14(13-21)16-11-19-12-17(20-16)23-15-8-4-3-5-9-15/h3-5,8-9,11-12,14H,2,6-7,10,13H2,1H3/t14-/m0/s1. The number of benzene rings is 1. The Hall–Kier alpha value is -2.43. The molecule has 0 N–H and O–H groups in total. The first-order valence-corrected chi connectivity index (χ1v) is 8.09. The normalized spacial score (nSPS) is 17.8. The molecule has 5 heteroatoms. The van der Waals surface area contributed by atoms with Gasteiger partial charge in [0.05, 0.1) is 11.9 Å². The molecule has 0 unspecified atom stereocenters. The molecule has 0 bridgehead atoms.